The predicted octanol–water partition coefficient (Wildman–Crippen LogP) is 2.84. The fraction of sp³-hybridized carbons (Fsp3) is 0.733. The summed E-state index contributed by atoms with van der Waals surface area (Å²) in [7, 11) is 0. The number of hydrogen-bond donors (Lipinski definition) is 2. The minimum atomic E-state index is 0.325. The van der Waals surface area contributed by atoms with E-state index in [1.165, 1.54) is 5.56 Å². The topological polar surface area (TPSA) is 59.1 Å². The van der Waals surface area contributed by atoms with Gasteiger partial charge in [0.2, 0.25) is 0 Å². The van der Waals surface area contributed by atoms with Crippen LogP contribution in [0, 0.1) is 0 Å². The third kappa shape index (κ3) is 3.82. The van der Waals surface area contributed by atoms with Gasteiger partial charge in [-0.15, -0.1) is 0 Å². The third-order valence-electron chi connectivity index (χ3n) is 3.62. The lowest BCUT2D eigenvalue weighted by molar-refractivity contribution is 0.0231. The van der Waals surface area contributed by atoms with Crippen LogP contribution in [-0.4, -0.2) is 35.3 Å². The van der Waals surface area contributed by atoms with Crippen molar-refractivity contribution in [3.8, 4) is 0 Å². The van der Waals surface area contributed by atoms with Crippen molar-refractivity contribution in [3.05, 3.63) is 11.9 Å². The van der Waals surface area contributed by atoms with E-state index in [0.717, 1.165) is 50.5 Å². The largest absolute Gasteiger partial charge is 0.378 e. The number of ether oxygens (including phenoxy) is 1. The van der Waals surface area contributed by atoms with Crippen LogP contribution in [0.25, 0.3) is 0 Å². The van der Waals surface area contributed by atoms with Gasteiger partial charge in [0.05, 0.1) is 6.10 Å². The van der Waals surface area contributed by atoms with Gasteiger partial charge in [0, 0.05) is 24.8 Å². The first-order valence-corrected chi connectivity index (χ1v) is 7.70. The quantitative estimate of drug-likeness (QED) is 0.838. The summed E-state index contributed by atoms with van der Waals surface area (Å²) in [4.78, 5) is 8.83. The first-order valence-electron chi connectivity index (χ1n) is 7.70. The first kappa shape index (κ1) is 15.0. The van der Waals surface area contributed by atoms with Gasteiger partial charge in [-0.05, 0) is 33.1 Å². The van der Waals surface area contributed by atoms with Gasteiger partial charge >= 0.3 is 0 Å². The molecular weight excluding hydrogens is 252 g/mol. The lowest BCUT2D eigenvalue weighted by Crippen LogP contribution is -2.33. The summed E-state index contributed by atoms with van der Waals surface area (Å²) in [6, 6.07) is 0.443. The highest BCUT2D eigenvalue weighted by molar-refractivity contribution is 5.57. The highest BCUT2D eigenvalue weighted by Crippen LogP contribution is 2.24. The van der Waals surface area contributed by atoms with Crippen LogP contribution in [0.4, 0.5) is 11.6 Å². The summed E-state index contributed by atoms with van der Waals surface area (Å²) in [6.07, 6.45) is 6.12. The molecule has 2 rings (SSSR count). The maximum atomic E-state index is 5.60. The number of nitrogens with one attached hydrogen (secondary N) is 2. The van der Waals surface area contributed by atoms with Gasteiger partial charge in [-0.3, -0.25) is 0 Å². The third-order valence-corrected chi connectivity index (χ3v) is 3.62. The van der Waals surface area contributed by atoms with Gasteiger partial charge < -0.3 is 15.4 Å². The van der Waals surface area contributed by atoms with Crippen LogP contribution in [0.3, 0.4) is 0 Å². The molecule has 1 aliphatic heterocycles. The molecule has 5 nitrogen and oxygen atoms in total. The van der Waals surface area contributed by atoms with Crippen molar-refractivity contribution in [1.29, 1.82) is 0 Å². The van der Waals surface area contributed by atoms with E-state index in [9.17, 15) is 0 Å². The van der Waals surface area contributed by atoms with Crippen molar-refractivity contribution in [2.45, 2.75) is 58.6 Å². The van der Waals surface area contributed by atoms with Crippen molar-refractivity contribution in [2.75, 3.05) is 23.8 Å². The number of nitrogens with zero attached hydrogens (tertiary/aromatic N) is 2. The molecule has 1 saturated heterocycles. The van der Waals surface area contributed by atoms with Gasteiger partial charge in [-0.2, -0.15) is 0 Å². The highest BCUT2D eigenvalue weighted by atomic mass is 16.5. The Hall–Kier alpha value is -1.36. The summed E-state index contributed by atoms with van der Waals surface area (Å²) in [5.74, 6) is 1.95. The predicted molar refractivity (Wildman–Crippen MR) is 82.2 cm³/mol. The van der Waals surface area contributed by atoms with Crippen molar-refractivity contribution in [3.63, 3.8) is 0 Å². The molecule has 2 N–H and O–H groups in total. The van der Waals surface area contributed by atoms with Gasteiger partial charge in [-0.25, -0.2) is 9.97 Å². The lowest BCUT2D eigenvalue weighted by atomic mass is 10.0. The van der Waals surface area contributed by atoms with Crippen LogP contribution in [0.15, 0.2) is 6.33 Å². The maximum Gasteiger partial charge on any atom is 0.134 e. The van der Waals surface area contributed by atoms with Crippen molar-refractivity contribution < 1.29 is 4.74 Å². The van der Waals surface area contributed by atoms with E-state index in [4.69, 9.17) is 4.74 Å². The lowest BCUT2D eigenvalue weighted by Gasteiger charge is -2.29. The average Bonchev–Trinajstić information content (AvgIpc) is 2.43. The second kappa shape index (κ2) is 7.43. The standard InChI is InChI=1S/C15H26N4O/c1-4-6-13-14(16-5-2)17-10-18-15(13)19-12-7-8-20-11(3)9-12/h10-12H,4-9H2,1-3H3,(H2,16,17,18,19). The Morgan fingerprint density at radius 1 is 1.30 bits per heavy atom. The Bertz CT molecular complexity index is 424. The maximum absolute atomic E-state index is 5.60. The SMILES string of the molecule is CCCc1c(NCC)ncnc1NC1CCOC(C)C1. The van der Waals surface area contributed by atoms with Gasteiger partial charge in [0.1, 0.15) is 18.0 Å². The summed E-state index contributed by atoms with van der Waals surface area (Å²) in [5.41, 5.74) is 1.20. The summed E-state index contributed by atoms with van der Waals surface area (Å²) >= 11 is 0. The smallest absolute Gasteiger partial charge is 0.134 e. The first-order chi connectivity index (χ1) is 9.74. The molecule has 20 heavy (non-hydrogen) atoms. The zero-order valence-electron chi connectivity index (χ0n) is 12.8. The fourth-order valence-corrected chi connectivity index (χ4v) is 2.67. The molecule has 1 aromatic rings. The summed E-state index contributed by atoms with van der Waals surface area (Å²) < 4.78 is 5.60. The molecule has 5 heteroatoms. The van der Waals surface area contributed by atoms with E-state index >= 15 is 0 Å². The summed E-state index contributed by atoms with van der Waals surface area (Å²) in [5, 5.41) is 6.92. The summed E-state index contributed by atoms with van der Waals surface area (Å²) in [6.45, 7) is 8.10. The molecule has 0 radical (unpaired) electrons. The Kier molecular flexibility index (Phi) is 5.59. The molecule has 0 spiro atoms. The molecule has 1 aliphatic rings. The van der Waals surface area contributed by atoms with Gasteiger partial charge in [-0.1, -0.05) is 13.3 Å². The molecule has 1 aromatic heterocycles. The van der Waals surface area contributed by atoms with E-state index in [2.05, 4.69) is 41.4 Å². The number of rotatable bonds is 6. The van der Waals surface area contributed by atoms with Crippen LogP contribution in [0.2, 0.25) is 0 Å². The molecule has 1 fully saturated rings. The molecule has 0 bridgehead atoms. The van der Waals surface area contributed by atoms with Crippen molar-refractivity contribution in [1.82, 2.24) is 9.97 Å². The fourth-order valence-electron chi connectivity index (χ4n) is 2.67. The number of hydrogen-bond acceptors (Lipinski definition) is 5. The molecule has 0 amide bonds. The number of anilines is 2. The zero-order valence-corrected chi connectivity index (χ0v) is 12.8. The Morgan fingerprint density at radius 3 is 2.80 bits per heavy atom. The van der Waals surface area contributed by atoms with Crippen molar-refractivity contribution in [2.24, 2.45) is 0 Å². The van der Waals surface area contributed by atoms with E-state index in [1.54, 1.807) is 6.33 Å². The Morgan fingerprint density at radius 2 is 2.10 bits per heavy atom. The van der Waals surface area contributed by atoms with Gasteiger partial charge in [0.15, 0.2) is 0 Å². The average molecular weight is 278 g/mol. The van der Waals surface area contributed by atoms with Crippen molar-refractivity contribution >= 4 is 11.6 Å². The Labute approximate surface area is 121 Å². The molecule has 2 unspecified atom stereocenters. The van der Waals surface area contributed by atoms with Crippen LogP contribution < -0.4 is 10.6 Å². The molecule has 2 heterocycles. The van der Waals surface area contributed by atoms with Crippen LogP contribution in [0.5, 0.6) is 0 Å². The van der Waals surface area contributed by atoms with E-state index in [1.807, 2.05) is 0 Å². The second-order valence-electron chi connectivity index (χ2n) is 5.38. The monoisotopic (exact) mass is 278 g/mol. The Balaban J connectivity index is 2.14. The van der Waals surface area contributed by atoms with E-state index < -0.39 is 0 Å². The second-order valence-corrected chi connectivity index (χ2v) is 5.38. The van der Waals surface area contributed by atoms with Gasteiger partial charge in [0.25, 0.3) is 0 Å². The molecule has 0 aliphatic carbocycles. The highest BCUT2D eigenvalue weighted by Gasteiger charge is 2.21. The molecular formula is C15H26N4O. The minimum absolute atomic E-state index is 0.325. The number of aromatic nitrogens is 2. The molecule has 2 atom stereocenters. The molecule has 0 aromatic carbocycles. The van der Waals surface area contributed by atoms with E-state index in [-0.39, 0.29) is 0 Å². The zero-order chi connectivity index (χ0) is 14.4. The van der Waals surface area contributed by atoms with Crippen LogP contribution in [-0.2, 0) is 11.2 Å². The van der Waals surface area contributed by atoms with E-state index in [0.29, 0.717) is 12.1 Å². The minimum Gasteiger partial charge on any atom is -0.378 e. The van der Waals surface area contributed by atoms with Crippen LogP contribution in [0.1, 0.15) is 45.6 Å². The van der Waals surface area contributed by atoms with Crippen LogP contribution >= 0.6 is 0 Å². The normalized spacial score (nSPS) is 22.6. The molecule has 112 valence electrons. The molecule has 0 saturated carbocycles.